The van der Waals surface area contributed by atoms with Gasteiger partial charge in [-0.15, -0.1) is 11.3 Å². The lowest BCUT2D eigenvalue weighted by molar-refractivity contribution is 0.568. The monoisotopic (exact) mass is 232 g/mol. The molecule has 0 amide bonds. The van der Waals surface area contributed by atoms with Gasteiger partial charge in [-0.1, -0.05) is 0 Å². The van der Waals surface area contributed by atoms with Gasteiger partial charge in [-0.2, -0.15) is 0 Å². The Balaban J connectivity index is 2.16. The third kappa shape index (κ3) is 4.30. The van der Waals surface area contributed by atoms with Crippen LogP contribution in [-0.2, 0) is 10.8 Å². The molecule has 2 unspecified atom stereocenters. The zero-order valence-electron chi connectivity index (χ0n) is 8.53. The van der Waals surface area contributed by atoms with Gasteiger partial charge in [0.2, 0.25) is 0 Å². The lowest BCUT2D eigenvalue weighted by Crippen LogP contribution is -2.20. The average molecular weight is 232 g/mol. The molecule has 0 saturated heterocycles. The van der Waals surface area contributed by atoms with Crippen molar-refractivity contribution in [2.45, 2.75) is 19.4 Å². The van der Waals surface area contributed by atoms with Crippen LogP contribution in [0, 0.1) is 0 Å². The van der Waals surface area contributed by atoms with Gasteiger partial charge in [0.05, 0.1) is 6.04 Å². The molecule has 0 aliphatic carbocycles. The van der Waals surface area contributed by atoms with E-state index in [0.717, 1.165) is 23.7 Å². The minimum Gasteiger partial charge on any atom is -0.308 e. The van der Waals surface area contributed by atoms with Gasteiger partial charge in [0.15, 0.2) is 0 Å². The normalized spacial score (nSPS) is 15.3. The highest BCUT2D eigenvalue weighted by Crippen LogP contribution is 2.14. The number of thiazole rings is 1. The van der Waals surface area contributed by atoms with Gasteiger partial charge in [-0.3, -0.25) is 4.21 Å². The SMILES string of the molecule is CC(NCCCS(C)=O)c1nccs1. The Kier molecular flexibility index (Phi) is 5.29. The van der Waals surface area contributed by atoms with Gasteiger partial charge in [-0.05, 0) is 19.9 Å². The summed E-state index contributed by atoms with van der Waals surface area (Å²) in [5, 5.41) is 6.45. The molecule has 14 heavy (non-hydrogen) atoms. The second kappa shape index (κ2) is 6.27. The van der Waals surface area contributed by atoms with Crippen LogP contribution in [0.3, 0.4) is 0 Å². The van der Waals surface area contributed by atoms with Crippen molar-refractivity contribution < 1.29 is 4.21 Å². The van der Waals surface area contributed by atoms with Crippen LogP contribution >= 0.6 is 11.3 Å². The Bertz CT molecular complexity index is 274. The molecule has 0 aromatic carbocycles. The van der Waals surface area contributed by atoms with Crippen LogP contribution in [0.5, 0.6) is 0 Å². The van der Waals surface area contributed by atoms with E-state index in [1.165, 1.54) is 0 Å². The standard InChI is InChI=1S/C9H16N2OS2/c1-8(9-11-5-6-13-9)10-4-3-7-14(2)12/h5-6,8,10H,3-4,7H2,1-2H3. The van der Waals surface area contributed by atoms with E-state index in [9.17, 15) is 4.21 Å². The molecule has 0 aliphatic rings. The van der Waals surface area contributed by atoms with Gasteiger partial charge >= 0.3 is 0 Å². The predicted octanol–water partition coefficient (Wildman–Crippen LogP) is 1.56. The van der Waals surface area contributed by atoms with Crippen LogP contribution in [0.25, 0.3) is 0 Å². The summed E-state index contributed by atoms with van der Waals surface area (Å²) in [4.78, 5) is 4.23. The summed E-state index contributed by atoms with van der Waals surface area (Å²) < 4.78 is 10.8. The molecule has 1 aromatic rings. The average Bonchev–Trinajstić information content (AvgIpc) is 2.64. The van der Waals surface area contributed by atoms with Gasteiger partial charge < -0.3 is 5.32 Å². The molecule has 80 valence electrons. The Labute approximate surface area is 91.4 Å². The van der Waals surface area contributed by atoms with E-state index in [1.54, 1.807) is 17.6 Å². The van der Waals surface area contributed by atoms with Crippen molar-refractivity contribution >= 4 is 22.1 Å². The molecule has 2 atom stereocenters. The first-order valence-corrected chi connectivity index (χ1v) is 7.23. The maximum atomic E-state index is 10.8. The molecule has 0 radical (unpaired) electrons. The van der Waals surface area contributed by atoms with Gasteiger partial charge in [0, 0.05) is 34.4 Å². The molecular weight excluding hydrogens is 216 g/mol. The Morgan fingerprint density at radius 3 is 3.07 bits per heavy atom. The van der Waals surface area contributed by atoms with Crippen molar-refractivity contribution in [1.82, 2.24) is 10.3 Å². The lowest BCUT2D eigenvalue weighted by atomic mass is 10.3. The van der Waals surface area contributed by atoms with Crippen molar-refractivity contribution in [2.24, 2.45) is 0 Å². The highest BCUT2D eigenvalue weighted by Gasteiger charge is 2.05. The van der Waals surface area contributed by atoms with Crippen LogP contribution in [-0.4, -0.2) is 27.7 Å². The topological polar surface area (TPSA) is 42.0 Å². The second-order valence-corrected chi connectivity index (χ2v) is 5.66. The second-order valence-electron chi connectivity index (χ2n) is 3.18. The number of nitrogens with one attached hydrogen (secondary N) is 1. The largest absolute Gasteiger partial charge is 0.308 e. The number of rotatable bonds is 6. The minimum atomic E-state index is -0.670. The zero-order valence-corrected chi connectivity index (χ0v) is 10.2. The Hall–Kier alpha value is -0.260. The molecule has 5 heteroatoms. The molecule has 0 spiro atoms. The fourth-order valence-corrected chi connectivity index (χ4v) is 2.35. The van der Waals surface area contributed by atoms with Gasteiger partial charge in [-0.25, -0.2) is 4.98 Å². The number of nitrogens with zero attached hydrogens (tertiary/aromatic N) is 1. The van der Waals surface area contributed by atoms with Gasteiger partial charge in [0.25, 0.3) is 0 Å². The van der Waals surface area contributed by atoms with Crippen LogP contribution in [0.2, 0.25) is 0 Å². The van der Waals surface area contributed by atoms with E-state index < -0.39 is 10.8 Å². The molecule has 1 N–H and O–H groups in total. The number of aromatic nitrogens is 1. The zero-order chi connectivity index (χ0) is 10.4. The van der Waals surface area contributed by atoms with E-state index in [4.69, 9.17) is 0 Å². The van der Waals surface area contributed by atoms with Crippen molar-refractivity contribution in [3.05, 3.63) is 16.6 Å². The Morgan fingerprint density at radius 1 is 1.71 bits per heavy atom. The molecule has 1 aromatic heterocycles. The summed E-state index contributed by atoms with van der Waals surface area (Å²) in [5.74, 6) is 0.775. The van der Waals surface area contributed by atoms with Crippen molar-refractivity contribution in [2.75, 3.05) is 18.6 Å². The van der Waals surface area contributed by atoms with Crippen molar-refractivity contribution in [1.29, 1.82) is 0 Å². The van der Waals surface area contributed by atoms with Crippen molar-refractivity contribution in [3.63, 3.8) is 0 Å². The van der Waals surface area contributed by atoms with Crippen LogP contribution in [0.15, 0.2) is 11.6 Å². The van der Waals surface area contributed by atoms with E-state index in [1.807, 2.05) is 11.6 Å². The van der Waals surface area contributed by atoms with Crippen LogP contribution in [0.4, 0.5) is 0 Å². The first-order chi connectivity index (χ1) is 6.70. The summed E-state index contributed by atoms with van der Waals surface area (Å²) in [7, 11) is -0.670. The fraction of sp³-hybridized carbons (Fsp3) is 0.667. The molecule has 0 bridgehead atoms. The van der Waals surface area contributed by atoms with Crippen LogP contribution < -0.4 is 5.32 Å². The molecule has 1 heterocycles. The molecule has 1 rings (SSSR count). The highest BCUT2D eigenvalue weighted by molar-refractivity contribution is 7.84. The fourth-order valence-electron chi connectivity index (χ4n) is 1.13. The summed E-state index contributed by atoms with van der Waals surface area (Å²) in [5.41, 5.74) is 0. The first-order valence-electron chi connectivity index (χ1n) is 4.63. The molecule has 0 saturated carbocycles. The van der Waals surface area contributed by atoms with Crippen molar-refractivity contribution in [3.8, 4) is 0 Å². The number of hydrogen-bond acceptors (Lipinski definition) is 4. The van der Waals surface area contributed by atoms with E-state index in [0.29, 0.717) is 6.04 Å². The van der Waals surface area contributed by atoms with E-state index in [-0.39, 0.29) is 0 Å². The molecule has 0 fully saturated rings. The Morgan fingerprint density at radius 2 is 2.50 bits per heavy atom. The molecule has 0 aliphatic heterocycles. The molecular formula is C9H16N2OS2. The van der Waals surface area contributed by atoms with Crippen LogP contribution in [0.1, 0.15) is 24.4 Å². The third-order valence-electron chi connectivity index (χ3n) is 1.88. The summed E-state index contributed by atoms with van der Waals surface area (Å²) in [6.45, 7) is 3.00. The molecule has 3 nitrogen and oxygen atoms in total. The first kappa shape index (κ1) is 11.8. The van der Waals surface area contributed by atoms with E-state index >= 15 is 0 Å². The third-order valence-corrected chi connectivity index (χ3v) is 3.70. The summed E-state index contributed by atoms with van der Waals surface area (Å²) >= 11 is 1.66. The van der Waals surface area contributed by atoms with E-state index in [2.05, 4.69) is 17.2 Å². The highest BCUT2D eigenvalue weighted by atomic mass is 32.2. The summed E-state index contributed by atoms with van der Waals surface area (Å²) in [6.07, 6.45) is 4.52. The van der Waals surface area contributed by atoms with Gasteiger partial charge in [0.1, 0.15) is 5.01 Å². The summed E-state index contributed by atoms with van der Waals surface area (Å²) in [6, 6.07) is 0.306. The maximum absolute atomic E-state index is 10.8. The smallest absolute Gasteiger partial charge is 0.109 e. The number of hydrogen-bond donors (Lipinski definition) is 1. The maximum Gasteiger partial charge on any atom is 0.109 e. The lowest BCUT2D eigenvalue weighted by Gasteiger charge is -2.09. The quantitative estimate of drug-likeness (QED) is 0.757. The predicted molar refractivity (Wildman–Crippen MR) is 62.1 cm³/mol. The minimum absolute atomic E-state index is 0.306.